The molecular weight excluding hydrogens is 386 g/mol. The van der Waals surface area contributed by atoms with E-state index in [1.54, 1.807) is 7.11 Å². The van der Waals surface area contributed by atoms with Gasteiger partial charge in [0, 0.05) is 24.7 Å². The Balaban J connectivity index is 1.44. The van der Waals surface area contributed by atoms with Gasteiger partial charge in [0.1, 0.15) is 18.2 Å². The molecule has 156 valence electrons. The molecule has 0 aliphatic carbocycles. The molecule has 0 spiro atoms. The highest BCUT2D eigenvalue weighted by atomic mass is 16.5. The van der Waals surface area contributed by atoms with Gasteiger partial charge < -0.3 is 19.7 Å². The number of aliphatic imine (C=N–C) groups is 1. The van der Waals surface area contributed by atoms with E-state index >= 15 is 0 Å². The molecular formula is C26H25N3O2. The summed E-state index contributed by atoms with van der Waals surface area (Å²) in [4.78, 5) is 6.89. The molecule has 0 bridgehead atoms. The van der Waals surface area contributed by atoms with Crippen molar-refractivity contribution in [2.24, 2.45) is 4.99 Å². The second-order valence-electron chi connectivity index (χ2n) is 8.30. The number of benzene rings is 3. The van der Waals surface area contributed by atoms with Crippen molar-refractivity contribution in [2.75, 3.05) is 31.8 Å². The van der Waals surface area contributed by atoms with Crippen molar-refractivity contribution >= 4 is 17.6 Å². The number of rotatable bonds is 3. The van der Waals surface area contributed by atoms with E-state index in [1.807, 2.05) is 6.21 Å². The third-order valence-corrected chi connectivity index (χ3v) is 6.48. The number of ether oxygens (including phenoxy) is 2. The van der Waals surface area contributed by atoms with Crippen LogP contribution in [0.5, 0.6) is 11.5 Å². The lowest BCUT2D eigenvalue weighted by Gasteiger charge is -2.31. The zero-order valence-electron chi connectivity index (χ0n) is 17.6. The maximum atomic E-state index is 5.82. The van der Waals surface area contributed by atoms with Crippen LogP contribution in [0.25, 0.3) is 11.1 Å². The SMILES string of the molecule is COc1cc2c(cc1N1CN=Cc3ccc(-c4ccc5c(c4)CCO5)cc31)CNCC2. The summed E-state index contributed by atoms with van der Waals surface area (Å²) in [5, 5.41) is 3.48. The zero-order valence-corrected chi connectivity index (χ0v) is 17.6. The van der Waals surface area contributed by atoms with Gasteiger partial charge in [0.05, 0.1) is 25.1 Å². The molecule has 0 unspecified atom stereocenters. The number of hydrogen-bond acceptors (Lipinski definition) is 5. The van der Waals surface area contributed by atoms with Gasteiger partial charge in [-0.3, -0.25) is 4.99 Å². The summed E-state index contributed by atoms with van der Waals surface area (Å²) >= 11 is 0. The summed E-state index contributed by atoms with van der Waals surface area (Å²) in [6.45, 7) is 3.27. The lowest BCUT2D eigenvalue weighted by atomic mass is 9.97. The van der Waals surface area contributed by atoms with E-state index in [1.165, 1.54) is 27.8 Å². The van der Waals surface area contributed by atoms with E-state index in [2.05, 4.69) is 63.7 Å². The second kappa shape index (κ2) is 7.43. The van der Waals surface area contributed by atoms with Gasteiger partial charge in [0.25, 0.3) is 0 Å². The van der Waals surface area contributed by atoms with Gasteiger partial charge in [-0.25, -0.2) is 0 Å². The molecule has 5 nitrogen and oxygen atoms in total. The highest BCUT2D eigenvalue weighted by molar-refractivity contribution is 5.94. The van der Waals surface area contributed by atoms with Gasteiger partial charge in [0.2, 0.25) is 0 Å². The molecule has 3 aliphatic heterocycles. The third-order valence-electron chi connectivity index (χ3n) is 6.48. The Labute approximate surface area is 182 Å². The van der Waals surface area contributed by atoms with Crippen LogP contribution in [0.2, 0.25) is 0 Å². The average molecular weight is 412 g/mol. The lowest BCUT2D eigenvalue weighted by molar-refractivity contribution is 0.357. The van der Waals surface area contributed by atoms with Crippen molar-refractivity contribution < 1.29 is 9.47 Å². The average Bonchev–Trinajstić information content (AvgIpc) is 3.30. The Bertz CT molecular complexity index is 1200. The van der Waals surface area contributed by atoms with Crippen molar-refractivity contribution in [3.8, 4) is 22.6 Å². The van der Waals surface area contributed by atoms with Gasteiger partial charge in [-0.1, -0.05) is 18.2 Å². The van der Waals surface area contributed by atoms with Crippen LogP contribution in [0.4, 0.5) is 11.4 Å². The molecule has 0 saturated carbocycles. The van der Waals surface area contributed by atoms with Gasteiger partial charge in [-0.15, -0.1) is 0 Å². The molecule has 5 heteroatoms. The van der Waals surface area contributed by atoms with Crippen molar-refractivity contribution in [1.29, 1.82) is 0 Å². The third kappa shape index (κ3) is 3.17. The van der Waals surface area contributed by atoms with Crippen LogP contribution >= 0.6 is 0 Å². The van der Waals surface area contributed by atoms with E-state index in [0.717, 1.165) is 61.0 Å². The molecule has 3 aromatic carbocycles. The van der Waals surface area contributed by atoms with Gasteiger partial charge in [-0.05, 0) is 71.1 Å². The number of nitrogens with zero attached hydrogens (tertiary/aromatic N) is 2. The van der Waals surface area contributed by atoms with Crippen LogP contribution in [0.15, 0.2) is 53.5 Å². The highest BCUT2D eigenvalue weighted by Crippen LogP contribution is 2.41. The Morgan fingerprint density at radius 3 is 2.77 bits per heavy atom. The van der Waals surface area contributed by atoms with Gasteiger partial charge >= 0.3 is 0 Å². The van der Waals surface area contributed by atoms with E-state index in [4.69, 9.17) is 9.47 Å². The minimum atomic E-state index is 0.580. The fourth-order valence-electron chi connectivity index (χ4n) is 4.81. The molecule has 0 fully saturated rings. The largest absolute Gasteiger partial charge is 0.495 e. The van der Waals surface area contributed by atoms with E-state index < -0.39 is 0 Å². The van der Waals surface area contributed by atoms with Crippen molar-refractivity contribution in [2.45, 2.75) is 19.4 Å². The van der Waals surface area contributed by atoms with Crippen LogP contribution in [0.1, 0.15) is 22.3 Å². The van der Waals surface area contributed by atoms with Gasteiger partial charge in [-0.2, -0.15) is 0 Å². The van der Waals surface area contributed by atoms with Crippen LogP contribution in [-0.2, 0) is 19.4 Å². The summed E-state index contributed by atoms with van der Waals surface area (Å²) in [5.41, 5.74) is 9.77. The monoisotopic (exact) mass is 411 g/mol. The minimum Gasteiger partial charge on any atom is -0.495 e. The summed E-state index contributed by atoms with van der Waals surface area (Å²) in [6.07, 6.45) is 3.98. The standard InChI is InChI=1S/C26H25N3O2/c1-30-26-13-19-6-8-27-15-22(19)12-24(26)29-16-28-14-21-3-2-18(11-23(21)29)17-4-5-25-20(10-17)7-9-31-25/h2-5,10-14,27H,6-9,15-16H2,1H3. The molecule has 31 heavy (non-hydrogen) atoms. The minimum absolute atomic E-state index is 0.580. The number of fused-ring (bicyclic) bond motifs is 3. The molecule has 1 N–H and O–H groups in total. The summed E-state index contributed by atoms with van der Waals surface area (Å²) in [5.74, 6) is 1.92. The summed E-state index contributed by atoms with van der Waals surface area (Å²) in [7, 11) is 1.75. The number of anilines is 2. The molecule has 0 atom stereocenters. The normalized spacial score (nSPS) is 16.4. The molecule has 3 heterocycles. The molecule has 0 saturated heterocycles. The van der Waals surface area contributed by atoms with Crippen molar-refractivity contribution in [3.05, 3.63) is 70.8 Å². The van der Waals surface area contributed by atoms with E-state index in [0.29, 0.717) is 6.67 Å². The first kappa shape index (κ1) is 18.5. The number of hydrogen-bond donors (Lipinski definition) is 1. The zero-order chi connectivity index (χ0) is 20.8. The fraction of sp³-hybridized carbons (Fsp3) is 0.269. The van der Waals surface area contributed by atoms with E-state index in [9.17, 15) is 0 Å². The van der Waals surface area contributed by atoms with Crippen molar-refractivity contribution in [3.63, 3.8) is 0 Å². The smallest absolute Gasteiger partial charge is 0.142 e. The first-order valence-electron chi connectivity index (χ1n) is 10.9. The predicted octanol–water partition coefficient (Wildman–Crippen LogP) is 4.47. The first-order chi connectivity index (χ1) is 15.3. The Morgan fingerprint density at radius 1 is 0.935 bits per heavy atom. The van der Waals surface area contributed by atoms with Crippen LogP contribution in [-0.4, -0.2) is 33.1 Å². The second-order valence-corrected chi connectivity index (χ2v) is 8.30. The predicted molar refractivity (Wildman–Crippen MR) is 124 cm³/mol. The Morgan fingerprint density at radius 2 is 1.84 bits per heavy atom. The Kier molecular flexibility index (Phi) is 4.42. The molecule has 0 radical (unpaired) electrons. The molecule has 6 rings (SSSR count). The molecule has 0 amide bonds. The number of methoxy groups -OCH3 is 1. The van der Waals surface area contributed by atoms with Crippen LogP contribution < -0.4 is 19.7 Å². The number of nitrogens with one attached hydrogen (secondary N) is 1. The maximum absolute atomic E-state index is 5.82. The van der Waals surface area contributed by atoms with Gasteiger partial charge in [0.15, 0.2) is 0 Å². The maximum Gasteiger partial charge on any atom is 0.142 e. The summed E-state index contributed by atoms with van der Waals surface area (Å²) in [6, 6.07) is 17.6. The Hall–Kier alpha value is -3.31. The van der Waals surface area contributed by atoms with Crippen molar-refractivity contribution in [1.82, 2.24) is 5.32 Å². The topological polar surface area (TPSA) is 46.1 Å². The van der Waals surface area contributed by atoms with Crippen LogP contribution in [0.3, 0.4) is 0 Å². The fourth-order valence-corrected chi connectivity index (χ4v) is 4.81. The van der Waals surface area contributed by atoms with Crippen LogP contribution in [0, 0.1) is 0 Å². The highest BCUT2D eigenvalue weighted by Gasteiger charge is 2.23. The molecule has 3 aliphatic rings. The summed E-state index contributed by atoms with van der Waals surface area (Å²) < 4.78 is 11.5. The first-order valence-corrected chi connectivity index (χ1v) is 10.9. The lowest BCUT2D eigenvalue weighted by Crippen LogP contribution is -2.26. The molecule has 3 aromatic rings. The quantitative estimate of drug-likeness (QED) is 0.691. The van der Waals surface area contributed by atoms with E-state index in [-0.39, 0.29) is 0 Å². The molecule has 0 aromatic heterocycles.